The van der Waals surface area contributed by atoms with Crippen molar-refractivity contribution in [2.45, 2.75) is 38.6 Å². The lowest BCUT2D eigenvalue weighted by Gasteiger charge is -2.37. The molecular formula is C13H27N3. The molecule has 16 heavy (non-hydrogen) atoms. The number of hydrogen-bond acceptors (Lipinski definition) is 3. The molecule has 1 saturated carbocycles. The molecule has 2 rings (SSSR count). The van der Waals surface area contributed by atoms with Crippen LogP contribution in [0.3, 0.4) is 0 Å². The fourth-order valence-electron chi connectivity index (χ4n) is 2.94. The first-order valence-corrected chi connectivity index (χ1v) is 6.82. The minimum absolute atomic E-state index is 0.497. The van der Waals surface area contributed by atoms with E-state index in [1.54, 1.807) is 0 Å². The van der Waals surface area contributed by atoms with Crippen LogP contribution in [0.5, 0.6) is 0 Å². The van der Waals surface area contributed by atoms with Crippen LogP contribution in [-0.2, 0) is 0 Å². The second-order valence-electron chi connectivity index (χ2n) is 5.78. The Bertz CT molecular complexity index is 217. The number of likely N-dealkylation sites (tertiary alicyclic amines) is 1. The van der Waals surface area contributed by atoms with Crippen LogP contribution in [-0.4, -0.2) is 55.6 Å². The van der Waals surface area contributed by atoms with E-state index in [1.165, 1.54) is 51.9 Å². The largest absolute Gasteiger partial charge is 0.330 e. The summed E-state index contributed by atoms with van der Waals surface area (Å²) in [5.74, 6) is 0. The van der Waals surface area contributed by atoms with Gasteiger partial charge in [0.05, 0.1) is 0 Å². The summed E-state index contributed by atoms with van der Waals surface area (Å²) in [7, 11) is 2.29. The standard InChI is InChI=1S/C13H27N3/c1-3-16-8-4-12(5-9-16)15(2)11-13(10-14)6-7-13/h12H,3-11,14H2,1-2H3. The molecule has 0 amide bonds. The second kappa shape index (κ2) is 5.03. The summed E-state index contributed by atoms with van der Waals surface area (Å²) in [5.41, 5.74) is 6.35. The van der Waals surface area contributed by atoms with Gasteiger partial charge in [-0.1, -0.05) is 6.92 Å². The van der Waals surface area contributed by atoms with E-state index in [2.05, 4.69) is 23.8 Å². The van der Waals surface area contributed by atoms with Crippen LogP contribution in [0.1, 0.15) is 32.6 Å². The number of rotatable bonds is 5. The molecule has 0 atom stereocenters. The molecule has 0 bridgehead atoms. The van der Waals surface area contributed by atoms with Crippen molar-refractivity contribution in [3.05, 3.63) is 0 Å². The number of nitrogens with two attached hydrogens (primary N) is 1. The molecule has 2 N–H and O–H groups in total. The first-order chi connectivity index (χ1) is 7.69. The van der Waals surface area contributed by atoms with Gasteiger partial charge in [0.25, 0.3) is 0 Å². The van der Waals surface area contributed by atoms with Crippen molar-refractivity contribution in [2.75, 3.05) is 39.8 Å². The average molecular weight is 225 g/mol. The number of nitrogens with zero attached hydrogens (tertiary/aromatic N) is 2. The maximum absolute atomic E-state index is 5.86. The fraction of sp³-hybridized carbons (Fsp3) is 1.00. The summed E-state index contributed by atoms with van der Waals surface area (Å²) in [4.78, 5) is 5.13. The topological polar surface area (TPSA) is 32.5 Å². The van der Waals surface area contributed by atoms with Crippen molar-refractivity contribution >= 4 is 0 Å². The summed E-state index contributed by atoms with van der Waals surface area (Å²) >= 11 is 0. The molecule has 0 aromatic rings. The molecule has 3 heteroatoms. The molecule has 0 aromatic heterocycles. The monoisotopic (exact) mass is 225 g/mol. The van der Waals surface area contributed by atoms with Crippen molar-refractivity contribution in [2.24, 2.45) is 11.1 Å². The van der Waals surface area contributed by atoms with Gasteiger partial charge in [0, 0.05) is 12.6 Å². The van der Waals surface area contributed by atoms with E-state index < -0.39 is 0 Å². The Morgan fingerprint density at radius 2 is 1.94 bits per heavy atom. The van der Waals surface area contributed by atoms with Crippen LogP contribution in [0.4, 0.5) is 0 Å². The zero-order valence-corrected chi connectivity index (χ0v) is 10.9. The average Bonchev–Trinajstić information content (AvgIpc) is 3.09. The smallest absolute Gasteiger partial charge is 0.0117 e. The summed E-state index contributed by atoms with van der Waals surface area (Å²) in [5, 5.41) is 0. The Morgan fingerprint density at radius 1 is 1.31 bits per heavy atom. The maximum atomic E-state index is 5.86. The van der Waals surface area contributed by atoms with Crippen molar-refractivity contribution < 1.29 is 0 Å². The highest BCUT2D eigenvalue weighted by Crippen LogP contribution is 2.45. The van der Waals surface area contributed by atoms with Gasteiger partial charge >= 0.3 is 0 Å². The molecule has 0 unspecified atom stereocenters. The van der Waals surface area contributed by atoms with Crippen LogP contribution in [0.25, 0.3) is 0 Å². The number of hydrogen-bond donors (Lipinski definition) is 1. The van der Waals surface area contributed by atoms with Gasteiger partial charge in [0.2, 0.25) is 0 Å². The van der Waals surface area contributed by atoms with Crippen molar-refractivity contribution in [1.29, 1.82) is 0 Å². The minimum atomic E-state index is 0.497. The molecule has 1 saturated heterocycles. The van der Waals surface area contributed by atoms with Gasteiger partial charge in [-0.2, -0.15) is 0 Å². The van der Waals surface area contributed by atoms with Crippen molar-refractivity contribution in [1.82, 2.24) is 9.80 Å². The van der Waals surface area contributed by atoms with E-state index in [0.717, 1.165) is 12.6 Å². The molecule has 1 aliphatic heterocycles. The zero-order valence-electron chi connectivity index (χ0n) is 10.9. The van der Waals surface area contributed by atoms with Crippen molar-refractivity contribution in [3.8, 4) is 0 Å². The van der Waals surface area contributed by atoms with E-state index in [-0.39, 0.29) is 0 Å². The highest BCUT2D eigenvalue weighted by atomic mass is 15.2. The van der Waals surface area contributed by atoms with Gasteiger partial charge in [-0.15, -0.1) is 0 Å². The Kier molecular flexibility index (Phi) is 3.88. The van der Waals surface area contributed by atoms with Gasteiger partial charge < -0.3 is 15.5 Å². The summed E-state index contributed by atoms with van der Waals surface area (Å²) in [6, 6.07) is 0.798. The molecule has 3 nitrogen and oxygen atoms in total. The molecule has 2 fully saturated rings. The first-order valence-electron chi connectivity index (χ1n) is 6.82. The van der Waals surface area contributed by atoms with E-state index >= 15 is 0 Å². The highest BCUT2D eigenvalue weighted by Gasteiger charge is 2.42. The van der Waals surface area contributed by atoms with Crippen LogP contribution in [0.15, 0.2) is 0 Å². The second-order valence-corrected chi connectivity index (χ2v) is 5.78. The van der Waals surface area contributed by atoms with Gasteiger partial charge in [-0.3, -0.25) is 0 Å². The quantitative estimate of drug-likeness (QED) is 0.761. The third-order valence-electron chi connectivity index (χ3n) is 4.60. The van der Waals surface area contributed by atoms with Gasteiger partial charge in [-0.05, 0) is 64.3 Å². The predicted molar refractivity (Wildman–Crippen MR) is 68.5 cm³/mol. The Labute approximate surface area is 100.0 Å². The van der Waals surface area contributed by atoms with E-state index in [0.29, 0.717) is 5.41 Å². The Balaban J connectivity index is 1.76. The molecule has 2 aliphatic rings. The predicted octanol–water partition coefficient (Wildman–Crippen LogP) is 1.14. The van der Waals surface area contributed by atoms with Gasteiger partial charge in [0.1, 0.15) is 0 Å². The fourth-order valence-corrected chi connectivity index (χ4v) is 2.94. The summed E-state index contributed by atoms with van der Waals surface area (Å²) in [6.45, 7) is 8.13. The normalized spacial score (nSPS) is 26.2. The summed E-state index contributed by atoms with van der Waals surface area (Å²) < 4.78 is 0. The molecule has 0 aromatic carbocycles. The molecular weight excluding hydrogens is 198 g/mol. The Morgan fingerprint density at radius 3 is 2.38 bits per heavy atom. The van der Waals surface area contributed by atoms with E-state index in [9.17, 15) is 0 Å². The highest BCUT2D eigenvalue weighted by molar-refractivity contribution is 4.97. The third kappa shape index (κ3) is 2.76. The zero-order chi connectivity index (χ0) is 11.6. The minimum Gasteiger partial charge on any atom is -0.330 e. The number of piperidine rings is 1. The first kappa shape index (κ1) is 12.3. The molecule has 1 aliphatic carbocycles. The SMILES string of the molecule is CCN1CCC(N(C)CC2(CN)CC2)CC1. The van der Waals surface area contributed by atoms with Gasteiger partial charge in [0.15, 0.2) is 0 Å². The van der Waals surface area contributed by atoms with Gasteiger partial charge in [-0.25, -0.2) is 0 Å². The lowest BCUT2D eigenvalue weighted by Crippen LogP contribution is -2.45. The molecule has 0 spiro atoms. The maximum Gasteiger partial charge on any atom is 0.0117 e. The van der Waals surface area contributed by atoms with Crippen LogP contribution >= 0.6 is 0 Å². The van der Waals surface area contributed by atoms with E-state index in [1.807, 2.05) is 0 Å². The lowest BCUT2D eigenvalue weighted by atomic mass is 10.0. The molecule has 1 heterocycles. The molecule has 94 valence electrons. The third-order valence-corrected chi connectivity index (χ3v) is 4.60. The van der Waals surface area contributed by atoms with Crippen LogP contribution in [0.2, 0.25) is 0 Å². The Hall–Kier alpha value is -0.120. The van der Waals surface area contributed by atoms with Crippen LogP contribution in [0, 0.1) is 5.41 Å². The lowest BCUT2D eigenvalue weighted by molar-refractivity contribution is 0.115. The van der Waals surface area contributed by atoms with Crippen LogP contribution < -0.4 is 5.73 Å². The summed E-state index contributed by atoms with van der Waals surface area (Å²) in [6.07, 6.45) is 5.37. The molecule has 0 radical (unpaired) electrons. The van der Waals surface area contributed by atoms with Crippen molar-refractivity contribution in [3.63, 3.8) is 0 Å². The van der Waals surface area contributed by atoms with E-state index in [4.69, 9.17) is 5.73 Å².